The molecule has 2 aromatic rings. The summed E-state index contributed by atoms with van der Waals surface area (Å²) in [5, 5.41) is 2.77. The molecule has 0 fully saturated rings. The van der Waals surface area contributed by atoms with Crippen molar-refractivity contribution in [3.8, 4) is 0 Å². The summed E-state index contributed by atoms with van der Waals surface area (Å²) in [5.74, 6) is -0.460. The standard InChI is InChI=1S/C19H20N4O3/c1-12(24)23-9-8-13-10-14(4-7-17(13)23)18(25)21-15-5-6-16(20-11-15)19(26)22(2)3/h4-7,10-11H,8-9H2,1-3H3,(H,21,25). The zero-order valence-corrected chi connectivity index (χ0v) is 14.9. The number of carbonyl (C=O) groups excluding carboxylic acids is 3. The molecular weight excluding hydrogens is 332 g/mol. The molecule has 1 aliphatic rings. The Labute approximate surface area is 151 Å². The predicted octanol–water partition coefficient (Wildman–Crippen LogP) is 1.94. The molecule has 3 rings (SSSR count). The number of hydrogen-bond donors (Lipinski definition) is 1. The van der Waals surface area contributed by atoms with E-state index in [9.17, 15) is 14.4 Å². The zero-order chi connectivity index (χ0) is 18.8. The SMILES string of the molecule is CC(=O)N1CCc2cc(C(=O)Nc3ccc(C(=O)N(C)C)nc3)ccc21. The van der Waals surface area contributed by atoms with Gasteiger partial charge in [-0.1, -0.05) is 0 Å². The van der Waals surface area contributed by atoms with Gasteiger partial charge >= 0.3 is 0 Å². The normalized spacial score (nSPS) is 12.5. The summed E-state index contributed by atoms with van der Waals surface area (Å²) in [6, 6.07) is 8.53. The minimum atomic E-state index is -0.262. The van der Waals surface area contributed by atoms with Gasteiger partial charge in [0.05, 0.1) is 11.9 Å². The third-order valence-electron chi connectivity index (χ3n) is 4.26. The van der Waals surface area contributed by atoms with Crippen LogP contribution in [0.25, 0.3) is 0 Å². The Balaban J connectivity index is 1.73. The fourth-order valence-corrected chi connectivity index (χ4v) is 2.90. The van der Waals surface area contributed by atoms with Crippen LogP contribution in [0.3, 0.4) is 0 Å². The summed E-state index contributed by atoms with van der Waals surface area (Å²) in [6.07, 6.45) is 2.19. The Morgan fingerprint density at radius 2 is 1.92 bits per heavy atom. The molecule has 2 heterocycles. The summed E-state index contributed by atoms with van der Waals surface area (Å²) in [6.45, 7) is 2.18. The van der Waals surface area contributed by atoms with Crippen LogP contribution < -0.4 is 10.2 Å². The fraction of sp³-hybridized carbons (Fsp3) is 0.263. The van der Waals surface area contributed by atoms with Crippen LogP contribution in [0.4, 0.5) is 11.4 Å². The molecule has 0 unspecified atom stereocenters. The van der Waals surface area contributed by atoms with Gasteiger partial charge in [0.25, 0.3) is 11.8 Å². The first kappa shape index (κ1) is 17.6. The number of fused-ring (bicyclic) bond motifs is 1. The van der Waals surface area contributed by atoms with Gasteiger partial charge in [-0.2, -0.15) is 0 Å². The van der Waals surface area contributed by atoms with Crippen molar-refractivity contribution in [2.24, 2.45) is 0 Å². The molecule has 7 nitrogen and oxygen atoms in total. The fourth-order valence-electron chi connectivity index (χ4n) is 2.90. The van der Waals surface area contributed by atoms with Gasteiger partial charge in [0, 0.05) is 38.8 Å². The minimum absolute atomic E-state index is 0.000568. The second-order valence-corrected chi connectivity index (χ2v) is 6.35. The number of nitrogens with one attached hydrogen (secondary N) is 1. The van der Waals surface area contributed by atoms with E-state index in [-0.39, 0.29) is 17.7 Å². The van der Waals surface area contributed by atoms with Gasteiger partial charge < -0.3 is 15.1 Å². The first-order valence-corrected chi connectivity index (χ1v) is 8.27. The number of hydrogen-bond acceptors (Lipinski definition) is 4. The minimum Gasteiger partial charge on any atom is -0.343 e. The Hall–Kier alpha value is -3.22. The lowest BCUT2D eigenvalue weighted by Crippen LogP contribution is -2.25. The van der Waals surface area contributed by atoms with Crippen molar-refractivity contribution in [1.29, 1.82) is 0 Å². The van der Waals surface area contributed by atoms with Crippen LogP contribution in [-0.2, 0) is 11.2 Å². The topological polar surface area (TPSA) is 82.6 Å². The third-order valence-corrected chi connectivity index (χ3v) is 4.26. The number of benzene rings is 1. The van der Waals surface area contributed by atoms with Crippen molar-refractivity contribution in [1.82, 2.24) is 9.88 Å². The van der Waals surface area contributed by atoms with Crippen molar-refractivity contribution in [2.45, 2.75) is 13.3 Å². The highest BCUT2D eigenvalue weighted by Crippen LogP contribution is 2.29. The highest BCUT2D eigenvalue weighted by Gasteiger charge is 2.23. The quantitative estimate of drug-likeness (QED) is 0.915. The van der Waals surface area contributed by atoms with E-state index in [1.165, 1.54) is 18.0 Å². The molecule has 7 heteroatoms. The van der Waals surface area contributed by atoms with Gasteiger partial charge in [0.15, 0.2) is 0 Å². The van der Waals surface area contributed by atoms with Crippen molar-refractivity contribution in [3.63, 3.8) is 0 Å². The molecule has 26 heavy (non-hydrogen) atoms. The lowest BCUT2D eigenvalue weighted by molar-refractivity contribution is -0.116. The second kappa shape index (κ2) is 6.95. The van der Waals surface area contributed by atoms with Gasteiger partial charge in [-0.25, -0.2) is 4.98 Å². The van der Waals surface area contributed by atoms with Gasteiger partial charge in [0.1, 0.15) is 5.69 Å². The maximum absolute atomic E-state index is 12.5. The average Bonchev–Trinajstić information content (AvgIpc) is 3.05. The smallest absolute Gasteiger partial charge is 0.271 e. The number of pyridine rings is 1. The van der Waals surface area contributed by atoms with E-state index >= 15 is 0 Å². The number of carbonyl (C=O) groups is 3. The Morgan fingerprint density at radius 3 is 2.54 bits per heavy atom. The van der Waals surface area contributed by atoms with Crippen molar-refractivity contribution in [2.75, 3.05) is 30.9 Å². The van der Waals surface area contributed by atoms with Crippen LogP contribution in [0.15, 0.2) is 36.5 Å². The summed E-state index contributed by atoms with van der Waals surface area (Å²) in [4.78, 5) is 43.1. The third kappa shape index (κ3) is 3.42. The van der Waals surface area contributed by atoms with E-state index in [0.717, 1.165) is 17.7 Å². The second-order valence-electron chi connectivity index (χ2n) is 6.35. The van der Waals surface area contributed by atoms with E-state index in [1.54, 1.807) is 43.3 Å². The van der Waals surface area contributed by atoms with Crippen molar-refractivity contribution < 1.29 is 14.4 Å². The Kier molecular flexibility index (Phi) is 4.71. The Bertz CT molecular complexity index is 875. The van der Waals surface area contributed by atoms with E-state index < -0.39 is 0 Å². The molecule has 0 saturated carbocycles. The van der Waals surface area contributed by atoms with E-state index in [1.807, 2.05) is 6.07 Å². The van der Waals surface area contributed by atoms with E-state index in [2.05, 4.69) is 10.3 Å². The van der Waals surface area contributed by atoms with Crippen LogP contribution in [-0.4, -0.2) is 48.2 Å². The molecule has 0 spiro atoms. The monoisotopic (exact) mass is 352 g/mol. The van der Waals surface area contributed by atoms with E-state index in [4.69, 9.17) is 0 Å². The molecule has 1 N–H and O–H groups in total. The Morgan fingerprint density at radius 1 is 1.15 bits per heavy atom. The molecule has 134 valence electrons. The molecule has 0 atom stereocenters. The first-order valence-electron chi connectivity index (χ1n) is 8.27. The van der Waals surface area contributed by atoms with Crippen LogP contribution in [0.1, 0.15) is 33.3 Å². The molecule has 1 aromatic heterocycles. The highest BCUT2D eigenvalue weighted by atomic mass is 16.2. The molecule has 0 saturated heterocycles. The molecule has 0 bridgehead atoms. The van der Waals surface area contributed by atoms with Crippen LogP contribution in [0.5, 0.6) is 0 Å². The van der Waals surface area contributed by atoms with Crippen molar-refractivity contribution >= 4 is 29.1 Å². The molecule has 1 aromatic carbocycles. The molecule has 0 radical (unpaired) electrons. The number of amides is 3. The summed E-state index contributed by atoms with van der Waals surface area (Å²) >= 11 is 0. The maximum Gasteiger partial charge on any atom is 0.271 e. The number of aromatic nitrogens is 1. The molecular formula is C19H20N4O3. The van der Waals surface area contributed by atoms with Gasteiger partial charge in [-0.15, -0.1) is 0 Å². The predicted molar refractivity (Wildman–Crippen MR) is 98.4 cm³/mol. The lowest BCUT2D eigenvalue weighted by atomic mass is 10.1. The molecule has 3 amide bonds. The van der Waals surface area contributed by atoms with Crippen LogP contribution in [0.2, 0.25) is 0 Å². The van der Waals surface area contributed by atoms with E-state index in [0.29, 0.717) is 23.5 Å². The first-order chi connectivity index (χ1) is 12.4. The lowest BCUT2D eigenvalue weighted by Gasteiger charge is -2.14. The van der Waals surface area contributed by atoms with Gasteiger partial charge in [0.2, 0.25) is 5.91 Å². The number of nitrogens with zero attached hydrogens (tertiary/aromatic N) is 3. The summed E-state index contributed by atoms with van der Waals surface area (Å²) in [5.41, 5.74) is 3.19. The van der Waals surface area contributed by atoms with Gasteiger partial charge in [-0.3, -0.25) is 14.4 Å². The number of anilines is 2. The summed E-state index contributed by atoms with van der Waals surface area (Å²) in [7, 11) is 3.31. The van der Waals surface area contributed by atoms with Gasteiger partial charge in [-0.05, 0) is 42.3 Å². The zero-order valence-electron chi connectivity index (χ0n) is 14.9. The average molecular weight is 352 g/mol. The summed E-state index contributed by atoms with van der Waals surface area (Å²) < 4.78 is 0. The van der Waals surface area contributed by atoms with Crippen LogP contribution in [0, 0.1) is 0 Å². The number of rotatable bonds is 3. The largest absolute Gasteiger partial charge is 0.343 e. The van der Waals surface area contributed by atoms with Crippen molar-refractivity contribution in [3.05, 3.63) is 53.3 Å². The van der Waals surface area contributed by atoms with Crippen LogP contribution >= 0.6 is 0 Å². The highest BCUT2D eigenvalue weighted by molar-refractivity contribution is 6.05. The molecule has 1 aliphatic heterocycles. The molecule has 0 aliphatic carbocycles. The maximum atomic E-state index is 12.5.